The lowest BCUT2D eigenvalue weighted by molar-refractivity contribution is 0.693. The second-order valence-corrected chi connectivity index (χ2v) is 3.32. The van der Waals surface area contributed by atoms with Crippen LogP contribution in [0.15, 0.2) is 12.2 Å². The van der Waals surface area contributed by atoms with E-state index in [-0.39, 0.29) is 0 Å². The second-order valence-electron chi connectivity index (χ2n) is 3.32. The summed E-state index contributed by atoms with van der Waals surface area (Å²) in [6.45, 7) is 6.06. The van der Waals surface area contributed by atoms with Crippen molar-refractivity contribution in [2.75, 3.05) is 0 Å². The van der Waals surface area contributed by atoms with Crippen molar-refractivity contribution in [3.8, 4) is 0 Å². The van der Waals surface area contributed by atoms with Gasteiger partial charge in [0.05, 0.1) is 0 Å². The Morgan fingerprint density at radius 1 is 0.917 bits per heavy atom. The smallest absolute Gasteiger partial charge is 0.0351 e. The van der Waals surface area contributed by atoms with Gasteiger partial charge in [-0.1, -0.05) is 58.1 Å². The van der Waals surface area contributed by atoms with Crippen LogP contribution in [0.2, 0.25) is 0 Å². The fraction of sp³-hybridized carbons (Fsp3) is 0.750. The summed E-state index contributed by atoms with van der Waals surface area (Å²) in [5, 5.41) is 0. The average Bonchev–Trinajstić information content (AvgIpc) is 2.10. The summed E-state index contributed by atoms with van der Waals surface area (Å²) >= 11 is 0. The summed E-state index contributed by atoms with van der Waals surface area (Å²) in [4.78, 5) is 0. The van der Waals surface area contributed by atoms with E-state index in [1.807, 2.05) is 0 Å². The van der Waals surface area contributed by atoms with Gasteiger partial charge in [-0.2, -0.15) is 0 Å². The molecule has 0 fully saturated rings. The van der Waals surface area contributed by atoms with Crippen molar-refractivity contribution in [2.45, 2.75) is 58.3 Å². The van der Waals surface area contributed by atoms with Crippen LogP contribution in [0.3, 0.4) is 0 Å². The Kier molecular flexibility index (Phi) is 10.5. The monoisotopic (exact) mass is 167 g/mol. The van der Waals surface area contributed by atoms with Crippen LogP contribution < -0.4 is 0 Å². The number of hydrogen-bond acceptors (Lipinski definition) is 0. The molecule has 71 valence electrons. The molecular weight excluding hydrogens is 144 g/mol. The molecule has 0 aromatic rings. The van der Waals surface area contributed by atoms with Crippen molar-refractivity contribution < 1.29 is 0 Å². The SMILES string of the molecule is [CH2]CCCCCC=CCCCC. The largest absolute Gasteiger partial charge is 0.0885 e. The van der Waals surface area contributed by atoms with Crippen LogP contribution in [0, 0.1) is 6.92 Å². The Hall–Kier alpha value is -0.260. The predicted octanol–water partition coefficient (Wildman–Crippen LogP) is 4.52. The van der Waals surface area contributed by atoms with Crippen molar-refractivity contribution in [1.29, 1.82) is 0 Å². The summed E-state index contributed by atoms with van der Waals surface area (Å²) in [6.07, 6.45) is 14.9. The highest BCUT2D eigenvalue weighted by Gasteiger charge is 1.84. The zero-order valence-electron chi connectivity index (χ0n) is 8.52. The molecule has 0 heteroatoms. The van der Waals surface area contributed by atoms with Gasteiger partial charge in [0, 0.05) is 0 Å². The quantitative estimate of drug-likeness (QED) is 0.368. The summed E-state index contributed by atoms with van der Waals surface area (Å²) in [5.41, 5.74) is 0. The summed E-state index contributed by atoms with van der Waals surface area (Å²) in [6, 6.07) is 0. The lowest BCUT2D eigenvalue weighted by Crippen LogP contribution is -1.74. The first-order valence-corrected chi connectivity index (χ1v) is 5.36. The molecule has 12 heavy (non-hydrogen) atoms. The first-order chi connectivity index (χ1) is 5.91. The van der Waals surface area contributed by atoms with E-state index in [0.29, 0.717) is 0 Å². The van der Waals surface area contributed by atoms with E-state index in [0.717, 1.165) is 6.42 Å². The molecule has 0 spiro atoms. The molecule has 0 aliphatic carbocycles. The van der Waals surface area contributed by atoms with E-state index < -0.39 is 0 Å². The van der Waals surface area contributed by atoms with Gasteiger partial charge in [-0.3, -0.25) is 0 Å². The van der Waals surface area contributed by atoms with Gasteiger partial charge in [-0.05, 0) is 19.3 Å². The minimum Gasteiger partial charge on any atom is -0.0885 e. The van der Waals surface area contributed by atoms with Crippen LogP contribution in [-0.4, -0.2) is 0 Å². The minimum absolute atomic E-state index is 1.10. The van der Waals surface area contributed by atoms with E-state index in [1.54, 1.807) is 0 Å². The molecule has 0 unspecified atom stereocenters. The van der Waals surface area contributed by atoms with Crippen molar-refractivity contribution in [3.05, 3.63) is 19.1 Å². The Morgan fingerprint density at radius 2 is 1.58 bits per heavy atom. The van der Waals surface area contributed by atoms with Gasteiger partial charge in [-0.15, -0.1) is 0 Å². The van der Waals surface area contributed by atoms with Gasteiger partial charge < -0.3 is 0 Å². The molecule has 1 radical (unpaired) electrons. The summed E-state index contributed by atoms with van der Waals surface area (Å²) < 4.78 is 0. The van der Waals surface area contributed by atoms with E-state index >= 15 is 0 Å². The van der Waals surface area contributed by atoms with Crippen LogP contribution in [0.25, 0.3) is 0 Å². The fourth-order valence-electron chi connectivity index (χ4n) is 1.17. The second kappa shape index (κ2) is 10.7. The lowest BCUT2D eigenvalue weighted by Gasteiger charge is -1.94. The van der Waals surface area contributed by atoms with Gasteiger partial charge in [0.2, 0.25) is 0 Å². The summed E-state index contributed by atoms with van der Waals surface area (Å²) in [5.74, 6) is 0. The number of hydrogen-bond donors (Lipinski definition) is 0. The molecule has 0 heterocycles. The summed E-state index contributed by atoms with van der Waals surface area (Å²) in [7, 11) is 0. The Morgan fingerprint density at radius 3 is 2.17 bits per heavy atom. The van der Waals surface area contributed by atoms with Gasteiger partial charge in [0.15, 0.2) is 0 Å². The average molecular weight is 167 g/mol. The zero-order chi connectivity index (χ0) is 9.07. The maximum absolute atomic E-state index is 3.83. The van der Waals surface area contributed by atoms with Crippen LogP contribution in [0.4, 0.5) is 0 Å². The fourth-order valence-corrected chi connectivity index (χ4v) is 1.17. The lowest BCUT2D eigenvalue weighted by atomic mass is 10.1. The van der Waals surface area contributed by atoms with Gasteiger partial charge >= 0.3 is 0 Å². The highest BCUT2D eigenvalue weighted by Crippen LogP contribution is 2.03. The molecule has 0 aromatic heterocycles. The van der Waals surface area contributed by atoms with E-state index in [9.17, 15) is 0 Å². The van der Waals surface area contributed by atoms with Crippen molar-refractivity contribution in [1.82, 2.24) is 0 Å². The van der Waals surface area contributed by atoms with Crippen LogP contribution in [0.1, 0.15) is 58.3 Å². The molecule has 0 aliphatic rings. The van der Waals surface area contributed by atoms with Crippen molar-refractivity contribution in [3.63, 3.8) is 0 Å². The molecule has 0 N–H and O–H groups in total. The molecule has 0 aromatic carbocycles. The van der Waals surface area contributed by atoms with E-state index in [4.69, 9.17) is 0 Å². The molecule has 0 saturated heterocycles. The first-order valence-electron chi connectivity index (χ1n) is 5.36. The molecule has 0 nitrogen and oxygen atoms in total. The third-order valence-electron chi connectivity index (χ3n) is 2.01. The highest BCUT2D eigenvalue weighted by atomic mass is 13.9. The van der Waals surface area contributed by atoms with E-state index in [2.05, 4.69) is 26.0 Å². The normalized spacial score (nSPS) is 11.2. The van der Waals surface area contributed by atoms with Crippen LogP contribution >= 0.6 is 0 Å². The standard InChI is InChI=1S/C12H23/c1-3-5-7-9-11-12-10-8-6-4-2/h10,12H,1,3-9,11H2,2H3. The van der Waals surface area contributed by atoms with Crippen molar-refractivity contribution in [2.24, 2.45) is 0 Å². The highest BCUT2D eigenvalue weighted by molar-refractivity contribution is 4.80. The Balaban J connectivity index is 2.92. The Labute approximate surface area is 78.1 Å². The molecule has 0 rings (SSSR count). The third-order valence-corrected chi connectivity index (χ3v) is 2.01. The molecule has 0 bridgehead atoms. The maximum atomic E-state index is 3.83. The molecular formula is C12H23. The van der Waals surface area contributed by atoms with Gasteiger partial charge in [0.1, 0.15) is 0 Å². The van der Waals surface area contributed by atoms with Crippen LogP contribution in [0.5, 0.6) is 0 Å². The molecule has 0 amide bonds. The van der Waals surface area contributed by atoms with Gasteiger partial charge in [-0.25, -0.2) is 0 Å². The van der Waals surface area contributed by atoms with Crippen molar-refractivity contribution >= 4 is 0 Å². The third kappa shape index (κ3) is 9.74. The Bertz CT molecular complexity index is 92.2. The molecule has 0 atom stereocenters. The van der Waals surface area contributed by atoms with Crippen LogP contribution in [-0.2, 0) is 0 Å². The number of unbranched alkanes of at least 4 members (excludes halogenated alkanes) is 6. The number of allylic oxidation sites excluding steroid dienone is 2. The topological polar surface area (TPSA) is 0 Å². The van der Waals surface area contributed by atoms with Gasteiger partial charge in [0.25, 0.3) is 0 Å². The minimum atomic E-state index is 1.10. The predicted molar refractivity (Wildman–Crippen MR) is 57.1 cm³/mol. The molecule has 0 aliphatic heterocycles. The first kappa shape index (κ1) is 11.7. The maximum Gasteiger partial charge on any atom is -0.0351 e. The van der Waals surface area contributed by atoms with E-state index in [1.165, 1.54) is 44.9 Å². The number of rotatable bonds is 8. The molecule has 0 saturated carbocycles. The zero-order valence-corrected chi connectivity index (χ0v) is 8.52.